The zero-order valence-corrected chi connectivity index (χ0v) is 37.7. The molecule has 7 heteroatoms. The van der Waals surface area contributed by atoms with E-state index in [0.717, 1.165) is 94.5 Å². The van der Waals surface area contributed by atoms with E-state index in [1.165, 1.54) is 64.2 Å². The van der Waals surface area contributed by atoms with Gasteiger partial charge in [-0.1, -0.05) is 90.5 Å². The molecule has 59 heavy (non-hydrogen) atoms. The maximum atomic E-state index is 14.5. The summed E-state index contributed by atoms with van der Waals surface area (Å²) in [5, 5.41) is 21.3. The first-order chi connectivity index (χ1) is 28.2. The average Bonchev–Trinajstić information content (AvgIpc) is 3.68. The highest BCUT2D eigenvalue weighted by molar-refractivity contribution is 5.96. The molecular formula is C52H80N4O3. The third-order valence-corrected chi connectivity index (χ3v) is 19.3. The number of aliphatic hydroxyl groups is 1. The van der Waals surface area contributed by atoms with Crippen LogP contribution in [0.25, 0.3) is 0 Å². The van der Waals surface area contributed by atoms with E-state index in [2.05, 4.69) is 92.4 Å². The van der Waals surface area contributed by atoms with E-state index in [9.17, 15) is 14.7 Å². The van der Waals surface area contributed by atoms with Gasteiger partial charge >= 0.3 is 0 Å². The largest absolute Gasteiger partial charge is 0.393 e. The van der Waals surface area contributed by atoms with Crippen LogP contribution >= 0.6 is 0 Å². The van der Waals surface area contributed by atoms with Crippen molar-refractivity contribution >= 4 is 11.8 Å². The van der Waals surface area contributed by atoms with Crippen molar-refractivity contribution in [2.45, 2.75) is 150 Å². The lowest BCUT2D eigenvalue weighted by Crippen LogP contribution is -2.67. The summed E-state index contributed by atoms with van der Waals surface area (Å²) in [4.78, 5) is 29.7. The quantitative estimate of drug-likeness (QED) is 0.158. The fourth-order valence-electron chi connectivity index (χ4n) is 15.6. The highest BCUT2D eigenvalue weighted by Crippen LogP contribution is 2.76. The van der Waals surface area contributed by atoms with E-state index in [0.29, 0.717) is 53.4 Å². The van der Waals surface area contributed by atoms with E-state index < -0.39 is 0 Å². The first-order valence-electron chi connectivity index (χ1n) is 24.4. The van der Waals surface area contributed by atoms with Crippen LogP contribution in [0.3, 0.4) is 0 Å². The number of hydrogen-bond donors (Lipinski definition) is 4. The van der Waals surface area contributed by atoms with Crippen LogP contribution in [-0.4, -0.2) is 67.2 Å². The predicted molar refractivity (Wildman–Crippen MR) is 240 cm³/mol. The van der Waals surface area contributed by atoms with Crippen molar-refractivity contribution < 1.29 is 14.7 Å². The Hall–Kier alpha value is -2.64. The molecule has 8 rings (SSSR count). The first-order valence-corrected chi connectivity index (χ1v) is 24.4. The van der Waals surface area contributed by atoms with Gasteiger partial charge in [-0.3, -0.25) is 9.59 Å². The normalized spacial score (nSPS) is 41.3. The SMILES string of the molecule is C=C(NCC1C=CC(C(=O)NCCN2CCCCC2)=CC1)C1=CC(CCNC(=O)C23CCCC2C2CCC4C5(C)CCC(O)C(C)(C)C5CCC4(C)[C@]2(C)CC3)CC=C1. The molecule has 2 amide bonds. The van der Waals surface area contributed by atoms with Gasteiger partial charge in [-0.2, -0.15) is 0 Å². The molecule has 4 N–H and O–H groups in total. The Morgan fingerprint density at radius 2 is 1.58 bits per heavy atom. The van der Waals surface area contributed by atoms with Crippen LogP contribution in [0.1, 0.15) is 144 Å². The molecule has 0 aromatic heterocycles. The van der Waals surface area contributed by atoms with E-state index >= 15 is 0 Å². The molecule has 11 atom stereocenters. The molecule has 0 aromatic carbocycles. The van der Waals surface area contributed by atoms with Crippen molar-refractivity contribution in [3.8, 4) is 0 Å². The summed E-state index contributed by atoms with van der Waals surface area (Å²) in [6.07, 6.45) is 32.4. The monoisotopic (exact) mass is 809 g/mol. The number of carbonyl (C=O) groups is 2. The van der Waals surface area contributed by atoms with Gasteiger partial charge in [0.25, 0.3) is 5.91 Å². The van der Waals surface area contributed by atoms with Gasteiger partial charge in [0.2, 0.25) is 5.91 Å². The smallest absolute Gasteiger partial charge is 0.250 e. The summed E-state index contributed by atoms with van der Waals surface area (Å²) in [6.45, 7) is 22.5. The van der Waals surface area contributed by atoms with Gasteiger partial charge in [0.15, 0.2) is 0 Å². The summed E-state index contributed by atoms with van der Waals surface area (Å²) in [6, 6.07) is 0. The van der Waals surface area contributed by atoms with E-state index in [1.54, 1.807) is 0 Å². The number of likely N-dealkylation sites (tertiary alicyclic amines) is 1. The molecule has 0 spiro atoms. The molecule has 7 nitrogen and oxygen atoms in total. The number of rotatable bonds is 12. The second-order valence-corrected chi connectivity index (χ2v) is 22.3. The van der Waals surface area contributed by atoms with Crippen LogP contribution in [0.4, 0.5) is 0 Å². The molecule has 0 aromatic rings. The predicted octanol–water partition coefficient (Wildman–Crippen LogP) is 9.42. The van der Waals surface area contributed by atoms with Gasteiger partial charge in [-0.25, -0.2) is 0 Å². The minimum atomic E-state index is -0.197. The van der Waals surface area contributed by atoms with E-state index in [1.807, 2.05) is 6.08 Å². The molecule has 10 unspecified atom stereocenters. The van der Waals surface area contributed by atoms with Crippen molar-refractivity contribution in [1.29, 1.82) is 0 Å². The number of carbonyl (C=O) groups excluding carboxylic acids is 2. The number of amides is 2. The zero-order chi connectivity index (χ0) is 41.6. The lowest BCUT2D eigenvalue weighted by atomic mass is 9.32. The zero-order valence-electron chi connectivity index (χ0n) is 37.7. The van der Waals surface area contributed by atoms with Crippen LogP contribution in [0.5, 0.6) is 0 Å². The number of nitrogens with zero attached hydrogens (tertiary/aromatic N) is 1. The summed E-state index contributed by atoms with van der Waals surface area (Å²) in [7, 11) is 0. The van der Waals surface area contributed by atoms with Gasteiger partial charge in [0, 0.05) is 37.4 Å². The van der Waals surface area contributed by atoms with Crippen molar-refractivity contribution in [2.24, 2.45) is 62.6 Å². The summed E-state index contributed by atoms with van der Waals surface area (Å²) in [5.41, 5.74) is 3.51. The third kappa shape index (κ3) is 7.78. The lowest BCUT2D eigenvalue weighted by molar-refractivity contribution is -0.244. The van der Waals surface area contributed by atoms with Crippen molar-refractivity contribution in [2.75, 3.05) is 39.3 Å². The van der Waals surface area contributed by atoms with Crippen LogP contribution in [0.15, 0.2) is 59.9 Å². The maximum absolute atomic E-state index is 14.5. The highest BCUT2D eigenvalue weighted by atomic mass is 16.3. The van der Waals surface area contributed by atoms with Crippen LogP contribution in [0, 0.1) is 62.6 Å². The Balaban J connectivity index is 0.809. The number of nitrogens with one attached hydrogen (secondary N) is 3. The highest BCUT2D eigenvalue weighted by Gasteiger charge is 2.70. The Bertz CT molecular complexity index is 1720. The number of hydrogen-bond acceptors (Lipinski definition) is 5. The van der Waals surface area contributed by atoms with Crippen molar-refractivity contribution in [3.63, 3.8) is 0 Å². The molecule has 5 saturated carbocycles. The second-order valence-electron chi connectivity index (χ2n) is 22.3. The fraction of sp³-hybridized carbons (Fsp3) is 0.769. The van der Waals surface area contributed by atoms with Gasteiger partial charge in [-0.15, -0.1) is 0 Å². The fourth-order valence-corrected chi connectivity index (χ4v) is 15.6. The second kappa shape index (κ2) is 16.9. The van der Waals surface area contributed by atoms with Crippen LogP contribution in [-0.2, 0) is 9.59 Å². The molecule has 8 aliphatic rings. The Morgan fingerprint density at radius 1 is 0.763 bits per heavy atom. The van der Waals surface area contributed by atoms with Crippen molar-refractivity contribution in [1.82, 2.24) is 20.9 Å². The Morgan fingerprint density at radius 3 is 2.36 bits per heavy atom. The third-order valence-electron chi connectivity index (χ3n) is 19.3. The van der Waals surface area contributed by atoms with Gasteiger partial charge in [0.05, 0.1) is 11.5 Å². The molecular weight excluding hydrogens is 729 g/mol. The summed E-state index contributed by atoms with van der Waals surface area (Å²) < 4.78 is 0. The number of allylic oxidation sites excluding steroid dienone is 4. The molecule has 0 radical (unpaired) electrons. The minimum Gasteiger partial charge on any atom is -0.393 e. The minimum absolute atomic E-state index is 0.0165. The Kier molecular flexibility index (Phi) is 12.3. The van der Waals surface area contributed by atoms with Crippen LogP contribution in [0.2, 0.25) is 0 Å². The van der Waals surface area contributed by atoms with Gasteiger partial charge < -0.3 is 26.0 Å². The molecule has 1 saturated heterocycles. The number of fused-ring (bicyclic) bond motifs is 7. The van der Waals surface area contributed by atoms with E-state index in [4.69, 9.17) is 0 Å². The average molecular weight is 809 g/mol. The molecule has 1 aliphatic heterocycles. The molecule has 0 bridgehead atoms. The molecule has 6 fully saturated rings. The molecule has 7 aliphatic carbocycles. The summed E-state index contributed by atoms with van der Waals surface area (Å²) >= 11 is 0. The standard InChI is InChI=1S/C52H80N4O3/c1-36(55-35-38-15-17-39(18-16-38)46(58)53-30-33-56-31-8-7-9-32-56)40-13-10-12-37(34-40)23-29-54-47(59)52-24-11-14-42(52)41-19-20-44-49(4)25-22-45(57)48(2,3)43(49)21-26-51(44,6)50(41,5)27-28-52/h10,13,15,17-18,34,37-38,41-45,55,57H,1,7-9,11-12,14,16,19-33,35H2,2-6H3,(H,53,58)(H,54,59)/t37?,38?,41?,42?,43?,44?,45?,49?,50-,51?,52?/m1/s1. The molecule has 326 valence electrons. The lowest BCUT2D eigenvalue weighted by Gasteiger charge is -2.72. The van der Waals surface area contributed by atoms with Gasteiger partial charge in [-0.05, 0) is 172 Å². The van der Waals surface area contributed by atoms with Crippen molar-refractivity contribution in [3.05, 3.63) is 59.9 Å². The van der Waals surface area contributed by atoms with Gasteiger partial charge in [0.1, 0.15) is 0 Å². The van der Waals surface area contributed by atoms with Crippen LogP contribution < -0.4 is 16.0 Å². The molecule has 1 heterocycles. The summed E-state index contributed by atoms with van der Waals surface area (Å²) in [5.74, 6) is 3.50. The number of aliphatic hydroxyl groups excluding tert-OH is 1. The topological polar surface area (TPSA) is 93.7 Å². The first kappa shape index (κ1) is 43.0. The number of piperidine rings is 1. The maximum Gasteiger partial charge on any atom is 0.250 e. The Labute approximate surface area is 357 Å². The van der Waals surface area contributed by atoms with E-state index in [-0.39, 0.29) is 33.7 Å².